The van der Waals surface area contributed by atoms with E-state index in [1.807, 2.05) is 12.1 Å². The van der Waals surface area contributed by atoms with Crippen molar-refractivity contribution in [3.8, 4) is 11.1 Å². The van der Waals surface area contributed by atoms with Crippen molar-refractivity contribution in [2.24, 2.45) is 0 Å². The molecule has 47 heavy (non-hydrogen) atoms. The average Bonchev–Trinajstić information content (AvgIpc) is 3.59. The first kappa shape index (κ1) is 26.4. The lowest BCUT2D eigenvalue weighted by Gasteiger charge is -2.27. The minimum Gasteiger partial charge on any atom is -0.456 e. The third-order valence-electron chi connectivity index (χ3n) is 10.4. The van der Waals surface area contributed by atoms with Gasteiger partial charge in [0.1, 0.15) is 11.2 Å². The van der Waals surface area contributed by atoms with E-state index < -0.39 is 0 Å². The van der Waals surface area contributed by atoms with Crippen molar-refractivity contribution in [1.29, 1.82) is 0 Å². The minimum absolute atomic E-state index is 0.0485. The second-order valence-electron chi connectivity index (χ2n) is 13.4. The molecule has 0 aliphatic heterocycles. The number of furan rings is 1. The number of benzene rings is 8. The Balaban J connectivity index is 1.23. The van der Waals surface area contributed by atoms with Crippen LogP contribution in [0.5, 0.6) is 0 Å². The van der Waals surface area contributed by atoms with Gasteiger partial charge in [0.25, 0.3) is 0 Å². The van der Waals surface area contributed by atoms with Crippen LogP contribution in [-0.2, 0) is 5.41 Å². The summed E-state index contributed by atoms with van der Waals surface area (Å²) in [6.07, 6.45) is 0. The van der Waals surface area contributed by atoms with E-state index in [0.717, 1.165) is 39.0 Å². The predicted octanol–water partition coefficient (Wildman–Crippen LogP) is 12.8. The lowest BCUT2D eigenvalue weighted by Crippen LogP contribution is -2.15. The number of hydrogen-bond donors (Lipinski definition) is 0. The van der Waals surface area contributed by atoms with Crippen LogP contribution in [0.3, 0.4) is 0 Å². The lowest BCUT2D eigenvalue weighted by molar-refractivity contribution is 0.660. The molecule has 0 unspecified atom stereocenters. The van der Waals surface area contributed by atoms with E-state index in [2.05, 4.69) is 158 Å². The van der Waals surface area contributed by atoms with Gasteiger partial charge in [0.05, 0.1) is 0 Å². The zero-order chi connectivity index (χ0) is 31.3. The molecule has 0 fully saturated rings. The zero-order valence-electron chi connectivity index (χ0n) is 26.3. The first-order valence-electron chi connectivity index (χ1n) is 16.3. The van der Waals surface area contributed by atoms with Crippen LogP contribution >= 0.6 is 0 Å². The van der Waals surface area contributed by atoms with Crippen LogP contribution in [0.4, 0.5) is 17.1 Å². The maximum absolute atomic E-state index is 6.40. The fourth-order valence-electron chi connectivity index (χ4n) is 8.09. The molecule has 0 saturated carbocycles. The first-order valence-corrected chi connectivity index (χ1v) is 16.3. The molecule has 0 bridgehead atoms. The Morgan fingerprint density at radius 2 is 0.979 bits per heavy atom. The first-order chi connectivity index (χ1) is 23.0. The molecule has 0 atom stereocenters. The van der Waals surface area contributed by atoms with Gasteiger partial charge in [0.15, 0.2) is 0 Å². The third-order valence-corrected chi connectivity index (χ3v) is 10.4. The summed E-state index contributed by atoms with van der Waals surface area (Å²) >= 11 is 0. The summed E-state index contributed by atoms with van der Waals surface area (Å²) in [5.41, 5.74) is 10.4. The van der Waals surface area contributed by atoms with Gasteiger partial charge in [-0.1, -0.05) is 117 Å². The minimum atomic E-state index is -0.0485. The highest BCUT2D eigenvalue weighted by Crippen LogP contribution is 2.51. The van der Waals surface area contributed by atoms with Gasteiger partial charge in [0, 0.05) is 39.3 Å². The SMILES string of the molecule is CC1(C)c2ccccc2-c2cc(N(c3ccc4c(c3)oc3ccccc34)c3ccc4ccc5c6ccccc6ccc5c4c3)ccc21. The summed E-state index contributed by atoms with van der Waals surface area (Å²) in [6, 6.07) is 55.4. The molecule has 2 nitrogen and oxygen atoms in total. The Bertz CT molecular complexity index is 2730. The van der Waals surface area contributed by atoms with Gasteiger partial charge in [-0.25, -0.2) is 0 Å². The second kappa shape index (κ2) is 9.57. The summed E-state index contributed by atoms with van der Waals surface area (Å²) in [5, 5.41) is 9.83. The Morgan fingerprint density at radius 3 is 1.87 bits per heavy atom. The van der Waals surface area contributed by atoms with E-state index in [1.54, 1.807) is 0 Å². The summed E-state index contributed by atoms with van der Waals surface area (Å²) in [5.74, 6) is 0. The number of fused-ring (bicyclic) bond motifs is 11. The molecule has 1 heterocycles. The van der Waals surface area contributed by atoms with Crippen molar-refractivity contribution in [2.45, 2.75) is 19.3 Å². The number of anilines is 3. The van der Waals surface area contributed by atoms with Crippen molar-refractivity contribution in [1.82, 2.24) is 0 Å². The normalized spacial score (nSPS) is 13.5. The molecule has 222 valence electrons. The maximum atomic E-state index is 6.40. The van der Waals surface area contributed by atoms with Crippen LogP contribution < -0.4 is 4.90 Å². The summed E-state index contributed by atoms with van der Waals surface area (Å²) in [6.45, 7) is 4.67. The molecule has 9 aromatic rings. The van der Waals surface area contributed by atoms with Crippen LogP contribution in [0.1, 0.15) is 25.0 Å². The van der Waals surface area contributed by atoms with Gasteiger partial charge < -0.3 is 9.32 Å². The molecular weight excluding hydrogens is 571 g/mol. The van der Waals surface area contributed by atoms with Crippen LogP contribution in [-0.4, -0.2) is 0 Å². The highest BCUT2D eigenvalue weighted by atomic mass is 16.3. The van der Waals surface area contributed by atoms with Crippen LogP contribution in [0, 0.1) is 0 Å². The molecule has 0 spiro atoms. The lowest BCUT2D eigenvalue weighted by atomic mass is 9.82. The highest BCUT2D eigenvalue weighted by Gasteiger charge is 2.35. The Morgan fingerprint density at radius 1 is 0.404 bits per heavy atom. The zero-order valence-corrected chi connectivity index (χ0v) is 26.3. The fraction of sp³-hybridized carbons (Fsp3) is 0.0667. The van der Waals surface area contributed by atoms with E-state index in [1.165, 1.54) is 54.6 Å². The Hall–Kier alpha value is -5.86. The fourth-order valence-corrected chi connectivity index (χ4v) is 8.09. The van der Waals surface area contributed by atoms with Crippen molar-refractivity contribution >= 4 is 71.3 Å². The molecule has 0 N–H and O–H groups in total. The van der Waals surface area contributed by atoms with Gasteiger partial charge in [-0.05, 0) is 97.0 Å². The molecule has 1 aliphatic carbocycles. The van der Waals surface area contributed by atoms with Crippen LogP contribution in [0.2, 0.25) is 0 Å². The summed E-state index contributed by atoms with van der Waals surface area (Å²) in [4.78, 5) is 2.39. The van der Waals surface area contributed by atoms with Crippen molar-refractivity contribution in [3.63, 3.8) is 0 Å². The Labute approximate surface area is 273 Å². The smallest absolute Gasteiger partial charge is 0.137 e. The van der Waals surface area contributed by atoms with E-state index in [4.69, 9.17) is 4.42 Å². The molecule has 1 aromatic heterocycles. The quantitative estimate of drug-likeness (QED) is 0.187. The van der Waals surface area contributed by atoms with Crippen molar-refractivity contribution < 1.29 is 4.42 Å². The van der Waals surface area contributed by atoms with E-state index in [-0.39, 0.29) is 5.41 Å². The van der Waals surface area contributed by atoms with Crippen molar-refractivity contribution in [2.75, 3.05) is 4.90 Å². The largest absolute Gasteiger partial charge is 0.456 e. The monoisotopic (exact) mass is 601 g/mol. The third kappa shape index (κ3) is 3.79. The van der Waals surface area contributed by atoms with E-state index in [0.29, 0.717) is 0 Å². The number of para-hydroxylation sites is 1. The average molecular weight is 602 g/mol. The highest BCUT2D eigenvalue weighted by molar-refractivity contribution is 6.18. The molecule has 0 radical (unpaired) electrons. The van der Waals surface area contributed by atoms with Gasteiger partial charge >= 0.3 is 0 Å². The molecule has 0 amide bonds. The molecule has 8 aromatic carbocycles. The number of hydrogen-bond acceptors (Lipinski definition) is 2. The second-order valence-corrected chi connectivity index (χ2v) is 13.4. The standard InChI is InChI=1S/C45H31NO/c1-45(2)41-13-7-5-11-36(41)40-26-31(20-24-42(40)45)46(32-19-23-38-37-12-6-8-14-43(37)47-44(38)27-32)30-18-15-29-17-21-34-33-10-4-3-9-28(33)16-22-35(34)39(29)25-30/h3-27H,1-2H3. The van der Waals surface area contributed by atoms with Crippen LogP contribution in [0.15, 0.2) is 156 Å². The van der Waals surface area contributed by atoms with Crippen molar-refractivity contribution in [3.05, 3.63) is 163 Å². The predicted molar refractivity (Wildman–Crippen MR) is 198 cm³/mol. The summed E-state index contributed by atoms with van der Waals surface area (Å²) < 4.78 is 6.40. The van der Waals surface area contributed by atoms with Gasteiger partial charge in [0.2, 0.25) is 0 Å². The maximum Gasteiger partial charge on any atom is 0.137 e. The molecule has 0 saturated heterocycles. The molecule has 2 heteroatoms. The van der Waals surface area contributed by atoms with Gasteiger partial charge in [-0.2, -0.15) is 0 Å². The van der Waals surface area contributed by atoms with Crippen LogP contribution in [0.25, 0.3) is 65.4 Å². The molecule has 1 aliphatic rings. The number of rotatable bonds is 3. The molecular formula is C45H31NO. The van der Waals surface area contributed by atoms with Gasteiger partial charge in [-0.3, -0.25) is 0 Å². The van der Waals surface area contributed by atoms with E-state index in [9.17, 15) is 0 Å². The Kier molecular flexibility index (Phi) is 5.37. The molecule has 10 rings (SSSR count). The number of nitrogens with zero attached hydrogens (tertiary/aromatic N) is 1. The van der Waals surface area contributed by atoms with Gasteiger partial charge in [-0.15, -0.1) is 0 Å². The summed E-state index contributed by atoms with van der Waals surface area (Å²) in [7, 11) is 0. The topological polar surface area (TPSA) is 16.4 Å². The van der Waals surface area contributed by atoms with E-state index >= 15 is 0 Å².